The minimum Gasteiger partial charge on any atom is -0.396 e. The van der Waals surface area contributed by atoms with Gasteiger partial charge in [0.1, 0.15) is 0 Å². The highest BCUT2D eigenvalue weighted by molar-refractivity contribution is 5.06. The van der Waals surface area contributed by atoms with Crippen molar-refractivity contribution in [3.05, 3.63) is 0 Å². The van der Waals surface area contributed by atoms with E-state index in [0.29, 0.717) is 12.0 Å². The van der Waals surface area contributed by atoms with Crippen molar-refractivity contribution in [3.63, 3.8) is 0 Å². The van der Waals surface area contributed by atoms with Gasteiger partial charge >= 0.3 is 0 Å². The molecule has 11 heavy (non-hydrogen) atoms. The summed E-state index contributed by atoms with van der Waals surface area (Å²) >= 11 is 0. The summed E-state index contributed by atoms with van der Waals surface area (Å²) < 4.78 is 0. The van der Waals surface area contributed by atoms with E-state index in [1.807, 2.05) is 0 Å². The molecule has 2 atom stereocenters. The summed E-state index contributed by atoms with van der Waals surface area (Å²) in [7, 11) is 2.20. The van der Waals surface area contributed by atoms with Crippen LogP contribution < -0.4 is 0 Å². The van der Waals surface area contributed by atoms with Crippen LogP contribution in [0, 0.1) is 11.3 Å². The standard InChI is InChI=1S/C9H17NO/c1-10-4-3-9(7-10)6-8(9)2-5-11/h8,11H,2-7H2,1H3. The molecule has 2 unspecified atom stereocenters. The molecule has 2 fully saturated rings. The molecule has 64 valence electrons. The molecule has 1 aliphatic carbocycles. The molecule has 2 aliphatic rings. The van der Waals surface area contributed by atoms with Gasteiger partial charge in [0, 0.05) is 13.2 Å². The maximum absolute atomic E-state index is 8.77. The summed E-state index contributed by atoms with van der Waals surface area (Å²) in [5, 5.41) is 8.77. The maximum Gasteiger partial charge on any atom is 0.0433 e. The zero-order chi connectivity index (χ0) is 7.90. The molecule has 2 rings (SSSR count). The molecule has 1 spiro atoms. The first kappa shape index (κ1) is 7.56. The molecular weight excluding hydrogens is 138 g/mol. The fourth-order valence-electron chi connectivity index (χ4n) is 2.60. The number of aliphatic hydroxyl groups excluding tert-OH is 1. The van der Waals surface area contributed by atoms with E-state index in [9.17, 15) is 0 Å². The van der Waals surface area contributed by atoms with Gasteiger partial charge in [-0.05, 0) is 44.2 Å². The van der Waals surface area contributed by atoms with Crippen LogP contribution >= 0.6 is 0 Å². The molecule has 0 aromatic carbocycles. The normalized spacial score (nSPS) is 43.6. The van der Waals surface area contributed by atoms with E-state index >= 15 is 0 Å². The molecule has 0 radical (unpaired) electrons. The number of rotatable bonds is 2. The Morgan fingerprint density at radius 3 is 3.00 bits per heavy atom. The van der Waals surface area contributed by atoms with Crippen molar-refractivity contribution in [2.24, 2.45) is 11.3 Å². The average Bonchev–Trinajstić information content (AvgIpc) is 2.46. The molecular formula is C9H17NO. The third-order valence-electron chi connectivity index (χ3n) is 3.41. The predicted octanol–water partition coefficient (Wildman–Crippen LogP) is 0.711. The Morgan fingerprint density at radius 1 is 1.64 bits per heavy atom. The van der Waals surface area contributed by atoms with Crippen LogP contribution in [0.15, 0.2) is 0 Å². The van der Waals surface area contributed by atoms with Gasteiger partial charge in [0.05, 0.1) is 0 Å². The first-order valence-corrected chi connectivity index (χ1v) is 4.56. The molecule has 1 N–H and O–H groups in total. The second-order valence-corrected chi connectivity index (χ2v) is 4.26. The van der Waals surface area contributed by atoms with Gasteiger partial charge in [-0.3, -0.25) is 0 Å². The first-order chi connectivity index (χ1) is 5.27. The van der Waals surface area contributed by atoms with Crippen LogP contribution in [0.5, 0.6) is 0 Å². The van der Waals surface area contributed by atoms with E-state index in [1.165, 1.54) is 25.9 Å². The number of likely N-dealkylation sites (tertiary alicyclic amines) is 1. The monoisotopic (exact) mass is 155 g/mol. The zero-order valence-electron chi connectivity index (χ0n) is 7.21. The maximum atomic E-state index is 8.77. The van der Waals surface area contributed by atoms with E-state index in [1.54, 1.807) is 0 Å². The number of nitrogens with zero attached hydrogens (tertiary/aromatic N) is 1. The lowest BCUT2D eigenvalue weighted by atomic mass is 10.0. The number of aliphatic hydroxyl groups is 1. The molecule has 0 aromatic heterocycles. The van der Waals surface area contributed by atoms with Gasteiger partial charge < -0.3 is 10.0 Å². The quantitative estimate of drug-likeness (QED) is 0.635. The van der Waals surface area contributed by atoms with Gasteiger partial charge in [-0.2, -0.15) is 0 Å². The van der Waals surface area contributed by atoms with Crippen LogP contribution in [0.25, 0.3) is 0 Å². The zero-order valence-corrected chi connectivity index (χ0v) is 7.21. The Labute approximate surface area is 68.2 Å². The van der Waals surface area contributed by atoms with Crippen LogP contribution in [-0.4, -0.2) is 36.8 Å². The molecule has 0 amide bonds. The fraction of sp³-hybridized carbons (Fsp3) is 1.00. The van der Waals surface area contributed by atoms with Crippen molar-refractivity contribution < 1.29 is 5.11 Å². The molecule has 2 nitrogen and oxygen atoms in total. The van der Waals surface area contributed by atoms with Crippen LogP contribution in [0.1, 0.15) is 19.3 Å². The van der Waals surface area contributed by atoms with E-state index in [0.717, 1.165) is 12.3 Å². The summed E-state index contributed by atoms with van der Waals surface area (Å²) in [6, 6.07) is 0. The van der Waals surface area contributed by atoms with E-state index in [4.69, 9.17) is 5.11 Å². The van der Waals surface area contributed by atoms with Crippen molar-refractivity contribution >= 4 is 0 Å². The highest BCUT2D eigenvalue weighted by Crippen LogP contribution is 2.59. The average molecular weight is 155 g/mol. The Morgan fingerprint density at radius 2 is 2.45 bits per heavy atom. The second kappa shape index (κ2) is 2.46. The molecule has 1 heterocycles. The van der Waals surface area contributed by atoms with Crippen LogP contribution in [0.4, 0.5) is 0 Å². The minimum absolute atomic E-state index is 0.385. The van der Waals surface area contributed by atoms with Gasteiger partial charge in [0.2, 0.25) is 0 Å². The van der Waals surface area contributed by atoms with Crippen molar-refractivity contribution in [2.45, 2.75) is 19.3 Å². The molecule has 1 saturated heterocycles. The minimum atomic E-state index is 0.385. The molecule has 0 aromatic rings. The third kappa shape index (κ3) is 1.18. The van der Waals surface area contributed by atoms with E-state index in [-0.39, 0.29) is 0 Å². The topological polar surface area (TPSA) is 23.5 Å². The summed E-state index contributed by atoms with van der Waals surface area (Å²) in [5.74, 6) is 0.845. The third-order valence-corrected chi connectivity index (χ3v) is 3.41. The van der Waals surface area contributed by atoms with Crippen molar-refractivity contribution in [1.82, 2.24) is 4.90 Å². The predicted molar refractivity (Wildman–Crippen MR) is 44.4 cm³/mol. The summed E-state index contributed by atoms with van der Waals surface area (Å²) in [6.45, 7) is 2.93. The van der Waals surface area contributed by atoms with Gasteiger partial charge in [-0.25, -0.2) is 0 Å². The largest absolute Gasteiger partial charge is 0.396 e. The van der Waals surface area contributed by atoms with Gasteiger partial charge in [0.25, 0.3) is 0 Å². The Bertz CT molecular complexity index is 160. The molecule has 0 bridgehead atoms. The number of hydrogen-bond donors (Lipinski definition) is 1. The molecule has 1 aliphatic heterocycles. The second-order valence-electron chi connectivity index (χ2n) is 4.26. The molecule has 1 saturated carbocycles. The highest BCUT2D eigenvalue weighted by atomic mass is 16.3. The first-order valence-electron chi connectivity index (χ1n) is 4.56. The lowest BCUT2D eigenvalue weighted by Crippen LogP contribution is -2.15. The highest BCUT2D eigenvalue weighted by Gasteiger charge is 2.55. The van der Waals surface area contributed by atoms with Gasteiger partial charge in [-0.15, -0.1) is 0 Å². The summed E-state index contributed by atoms with van der Waals surface area (Å²) in [4.78, 5) is 2.41. The number of hydrogen-bond acceptors (Lipinski definition) is 2. The van der Waals surface area contributed by atoms with Gasteiger partial charge in [0.15, 0.2) is 0 Å². The Kier molecular flexibility index (Phi) is 1.69. The lowest BCUT2D eigenvalue weighted by molar-refractivity contribution is 0.266. The summed E-state index contributed by atoms with van der Waals surface area (Å²) in [6.07, 6.45) is 3.78. The SMILES string of the molecule is CN1CCC2(CC2CCO)C1. The van der Waals surface area contributed by atoms with Gasteiger partial charge in [-0.1, -0.05) is 0 Å². The van der Waals surface area contributed by atoms with Crippen LogP contribution in [0.3, 0.4) is 0 Å². The molecule has 2 heteroatoms. The van der Waals surface area contributed by atoms with Crippen LogP contribution in [-0.2, 0) is 0 Å². The van der Waals surface area contributed by atoms with Crippen molar-refractivity contribution in [3.8, 4) is 0 Å². The smallest absolute Gasteiger partial charge is 0.0433 e. The fourth-order valence-corrected chi connectivity index (χ4v) is 2.60. The van der Waals surface area contributed by atoms with E-state index < -0.39 is 0 Å². The lowest BCUT2D eigenvalue weighted by Gasteiger charge is -2.08. The van der Waals surface area contributed by atoms with Crippen molar-refractivity contribution in [1.29, 1.82) is 0 Å². The summed E-state index contributed by atoms with van der Waals surface area (Å²) in [5.41, 5.74) is 0.650. The Balaban J connectivity index is 1.87. The van der Waals surface area contributed by atoms with E-state index in [2.05, 4.69) is 11.9 Å². The Hall–Kier alpha value is -0.0800. The van der Waals surface area contributed by atoms with Crippen LogP contribution in [0.2, 0.25) is 0 Å². The van der Waals surface area contributed by atoms with Crippen molar-refractivity contribution in [2.75, 3.05) is 26.7 Å².